The second-order valence-corrected chi connectivity index (χ2v) is 6.59. The lowest BCUT2D eigenvalue weighted by atomic mass is 10.0. The molecule has 4 rings (SSSR count). The first-order valence-corrected chi connectivity index (χ1v) is 9.04. The van der Waals surface area contributed by atoms with Crippen molar-refractivity contribution < 1.29 is 14.3 Å². The van der Waals surface area contributed by atoms with Crippen LogP contribution in [0.5, 0.6) is 11.5 Å². The quantitative estimate of drug-likeness (QED) is 0.874. The Hall–Kier alpha value is -2.77. The number of fused-ring (bicyclic) bond motifs is 1. The van der Waals surface area contributed by atoms with Crippen LogP contribution in [-0.2, 0) is 11.3 Å². The van der Waals surface area contributed by atoms with Crippen LogP contribution in [0.15, 0.2) is 30.9 Å². The molecule has 8 nitrogen and oxygen atoms in total. The molecule has 0 spiro atoms. The number of nitrogens with one attached hydrogen (secondary N) is 1. The van der Waals surface area contributed by atoms with Crippen molar-refractivity contribution in [3.63, 3.8) is 0 Å². The van der Waals surface area contributed by atoms with E-state index in [1.807, 2.05) is 23.1 Å². The number of carbonyl (C=O) groups is 1. The molecule has 1 aromatic carbocycles. The van der Waals surface area contributed by atoms with E-state index in [2.05, 4.69) is 15.4 Å². The summed E-state index contributed by atoms with van der Waals surface area (Å²) in [6.45, 7) is 3.26. The number of likely N-dealkylation sites (tertiary alicyclic amines) is 1. The highest BCUT2D eigenvalue weighted by Gasteiger charge is 2.24. The maximum absolute atomic E-state index is 12.5. The third-order valence-corrected chi connectivity index (χ3v) is 4.71. The number of ether oxygens (including phenoxy) is 2. The molecule has 1 saturated heterocycles. The summed E-state index contributed by atoms with van der Waals surface area (Å²) < 4.78 is 12.9. The van der Waals surface area contributed by atoms with Gasteiger partial charge < -0.3 is 19.7 Å². The number of aryl methyl sites for hydroxylation is 1. The molecular formula is C18H23N5O3. The number of amides is 1. The van der Waals surface area contributed by atoms with Gasteiger partial charge in [0.2, 0.25) is 5.91 Å². The van der Waals surface area contributed by atoms with Crippen molar-refractivity contribution in [3.05, 3.63) is 30.9 Å². The Morgan fingerprint density at radius 2 is 2.15 bits per heavy atom. The molecule has 1 fully saturated rings. The van der Waals surface area contributed by atoms with E-state index in [1.165, 1.54) is 6.33 Å². The monoisotopic (exact) mass is 357 g/mol. The van der Waals surface area contributed by atoms with Gasteiger partial charge in [0.05, 0.1) is 6.54 Å². The number of carbonyl (C=O) groups excluding carboxylic acids is 1. The number of hydrogen-bond acceptors (Lipinski definition) is 6. The molecular weight excluding hydrogens is 334 g/mol. The third-order valence-electron chi connectivity index (χ3n) is 4.71. The van der Waals surface area contributed by atoms with Crippen LogP contribution in [0.3, 0.4) is 0 Å². The molecule has 0 aliphatic carbocycles. The molecule has 26 heavy (non-hydrogen) atoms. The fourth-order valence-electron chi connectivity index (χ4n) is 3.41. The van der Waals surface area contributed by atoms with Crippen LogP contribution in [0.2, 0.25) is 0 Å². The SMILES string of the molecule is O=C(CCn1cncn1)N1CCC[C@@H](Nc2ccc3c(c2)OCCO3)C1. The second kappa shape index (κ2) is 7.63. The van der Waals surface area contributed by atoms with E-state index < -0.39 is 0 Å². The van der Waals surface area contributed by atoms with Gasteiger partial charge in [-0.15, -0.1) is 0 Å². The van der Waals surface area contributed by atoms with Crippen molar-refractivity contribution in [3.8, 4) is 11.5 Å². The average Bonchev–Trinajstić information content (AvgIpc) is 3.20. The molecule has 1 N–H and O–H groups in total. The first-order valence-electron chi connectivity index (χ1n) is 9.04. The van der Waals surface area contributed by atoms with Gasteiger partial charge in [0, 0.05) is 37.3 Å². The highest BCUT2D eigenvalue weighted by atomic mass is 16.6. The van der Waals surface area contributed by atoms with Gasteiger partial charge in [-0.1, -0.05) is 0 Å². The third kappa shape index (κ3) is 3.89. The molecule has 0 radical (unpaired) electrons. The van der Waals surface area contributed by atoms with E-state index in [-0.39, 0.29) is 11.9 Å². The Labute approximate surface area is 152 Å². The van der Waals surface area contributed by atoms with E-state index in [1.54, 1.807) is 11.0 Å². The zero-order valence-electron chi connectivity index (χ0n) is 14.6. The number of piperidine rings is 1. The summed E-state index contributed by atoms with van der Waals surface area (Å²) in [6, 6.07) is 6.14. The number of rotatable bonds is 5. The summed E-state index contributed by atoms with van der Waals surface area (Å²) in [5, 5.41) is 7.57. The molecule has 2 aliphatic heterocycles. The van der Waals surface area contributed by atoms with E-state index >= 15 is 0 Å². The van der Waals surface area contributed by atoms with Gasteiger partial charge in [0.1, 0.15) is 25.9 Å². The normalized spacial score (nSPS) is 19.2. The molecule has 0 bridgehead atoms. The topological polar surface area (TPSA) is 81.5 Å². The van der Waals surface area contributed by atoms with Gasteiger partial charge in [-0.2, -0.15) is 5.10 Å². The van der Waals surface area contributed by atoms with Crippen LogP contribution in [0.1, 0.15) is 19.3 Å². The zero-order chi connectivity index (χ0) is 17.8. The van der Waals surface area contributed by atoms with Crippen molar-refractivity contribution in [1.29, 1.82) is 0 Å². The van der Waals surface area contributed by atoms with Crippen LogP contribution in [-0.4, -0.2) is 57.9 Å². The van der Waals surface area contributed by atoms with E-state index in [9.17, 15) is 4.79 Å². The van der Waals surface area contributed by atoms with E-state index in [4.69, 9.17) is 9.47 Å². The molecule has 0 saturated carbocycles. The number of aromatic nitrogens is 3. The summed E-state index contributed by atoms with van der Waals surface area (Å²) in [6.07, 6.45) is 5.60. The Kier molecular flexibility index (Phi) is 4.90. The molecule has 1 amide bonds. The first kappa shape index (κ1) is 16.7. The van der Waals surface area contributed by atoms with Crippen molar-refractivity contribution in [2.24, 2.45) is 0 Å². The van der Waals surface area contributed by atoms with Crippen LogP contribution in [0.4, 0.5) is 5.69 Å². The van der Waals surface area contributed by atoms with Gasteiger partial charge in [-0.05, 0) is 25.0 Å². The lowest BCUT2D eigenvalue weighted by Gasteiger charge is -2.34. The van der Waals surface area contributed by atoms with Gasteiger partial charge in [0.15, 0.2) is 11.5 Å². The lowest BCUT2D eigenvalue weighted by Crippen LogP contribution is -2.45. The smallest absolute Gasteiger partial charge is 0.224 e. The summed E-state index contributed by atoms with van der Waals surface area (Å²) >= 11 is 0. The van der Waals surface area contributed by atoms with Gasteiger partial charge in [-0.25, -0.2) is 4.98 Å². The fraction of sp³-hybridized carbons (Fsp3) is 0.500. The molecule has 8 heteroatoms. The van der Waals surface area contributed by atoms with Crippen LogP contribution in [0.25, 0.3) is 0 Å². The maximum Gasteiger partial charge on any atom is 0.224 e. The second-order valence-electron chi connectivity index (χ2n) is 6.59. The van der Waals surface area contributed by atoms with Crippen LogP contribution < -0.4 is 14.8 Å². The average molecular weight is 357 g/mol. The Morgan fingerprint density at radius 1 is 1.27 bits per heavy atom. The van der Waals surface area contributed by atoms with Gasteiger partial charge >= 0.3 is 0 Å². The lowest BCUT2D eigenvalue weighted by molar-refractivity contribution is -0.132. The summed E-state index contributed by atoms with van der Waals surface area (Å²) in [5.74, 6) is 1.72. The molecule has 138 valence electrons. The Bertz CT molecular complexity index is 749. The minimum Gasteiger partial charge on any atom is -0.486 e. The number of benzene rings is 1. The molecule has 2 aromatic rings. The van der Waals surface area contributed by atoms with Crippen molar-refractivity contribution in [2.45, 2.75) is 31.8 Å². The molecule has 0 unspecified atom stereocenters. The Balaban J connectivity index is 1.32. The van der Waals surface area contributed by atoms with E-state index in [0.717, 1.165) is 36.6 Å². The Morgan fingerprint density at radius 3 is 3.00 bits per heavy atom. The summed E-state index contributed by atoms with van der Waals surface area (Å²) in [4.78, 5) is 18.3. The minimum atomic E-state index is 0.161. The molecule has 1 atom stereocenters. The van der Waals surface area contributed by atoms with Crippen LogP contribution >= 0.6 is 0 Å². The maximum atomic E-state index is 12.5. The predicted molar refractivity (Wildman–Crippen MR) is 95.3 cm³/mol. The summed E-state index contributed by atoms with van der Waals surface area (Å²) in [7, 11) is 0. The molecule has 3 heterocycles. The largest absolute Gasteiger partial charge is 0.486 e. The fourth-order valence-corrected chi connectivity index (χ4v) is 3.41. The highest BCUT2D eigenvalue weighted by Crippen LogP contribution is 2.33. The van der Waals surface area contributed by atoms with Crippen molar-refractivity contribution >= 4 is 11.6 Å². The minimum absolute atomic E-state index is 0.161. The number of nitrogens with zero attached hydrogens (tertiary/aromatic N) is 4. The van der Waals surface area contributed by atoms with Gasteiger partial charge in [-0.3, -0.25) is 9.48 Å². The van der Waals surface area contributed by atoms with Crippen molar-refractivity contribution in [2.75, 3.05) is 31.6 Å². The van der Waals surface area contributed by atoms with E-state index in [0.29, 0.717) is 32.7 Å². The molecule has 1 aromatic heterocycles. The van der Waals surface area contributed by atoms with Gasteiger partial charge in [0.25, 0.3) is 0 Å². The zero-order valence-corrected chi connectivity index (χ0v) is 14.6. The highest BCUT2D eigenvalue weighted by molar-refractivity contribution is 5.76. The molecule has 2 aliphatic rings. The number of anilines is 1. The summed E-state index contributed by atoms with van der Waals surface area (Å²) in [5.41, 5.74) is 0.996. The standard InChI is InChI=1S/C18H23N5O3/c24-18(5-7-23-13-19-12-20-23)22-6-1-2-15(11-22)21-14-3-4-16-17(10-14)26-9-8-25-16/h3-4,10,12-13,15,21H,1-2,5-9,11H2/t15-/m1/s1. The van der Waals surface area contributed by atoms with Crippen LogP contribution in [0, 0.1) is 0 Å². The first-order chi connectivity index (χ1) is 12.8. The number of hydrogen-bond donors (Lipinski definition) is 1. The van der Waals surface area contributed by atoms with Crippen molar-refractivity contribution in [1.82, 2.24) is 19.7 Å². The predicted octanol–water partition coefficient (Wildman–Crippen LogP) is 1.54.